The summed E-state index contributed by atoms with van der Waals surface area (Å²) >= 11 is 1.70. The monoisotopic (exact) mass is 186 g/mol. The SMILES string of the molecule is C#CCNCC(=O)NCCSC. The molecule has 0 aliphatic carbocycles. The van der Waals surface area contributed by atoms with Crippen molar-refractivity contribution in [2.24, 2.45) is 0 Å². The average Bonchev–Trinajstić information content (AvgIpc) is 2.06. The van der Waals surface area contributed by atoms with Crippen LogP contribution in [0.5, 0.6) is 0 Å². The van der Waals surface area contributed by atoms with E-state index >= 15 is 0 Å². The van der Waals surface area contributed by atoms with Gasteiger partial charge in [-0.05, 0) is 6.26 Å². The molecule has 0 spiro atoms. The third kappa shape index (κ3) is 7.45. The molecule has 0 aliphatic rings. The quantitative estimate of drug-likeness (QED) is 0.441. The zero-order valence-electron chi connectivity index (χ0n) is 7.22. The third-order valence-corrected chi connectivity index (χ3v) is 1.75. The molecule has 0 aromatic rings. The van der Waals surface area contributed by atoms with Gasteiger partial charge in [-0.2, -0.15) is 11.8 Å². The van der Waals surface area contributed by atoms with Crippen molar-refractivity contribution in [3.8, 4) is 12.3 Å². The minimum absolute atomic E-state index is 0.000648. The molecule has 0 rings (SSSR count). The largest absolute Gasteiger partial charge is 0.354 e. The van der Waals surface area contributed by atoms with E-state index in [1.54, 1.807) is 11.8 Å². The third-order valence-electron chi connectivity index (χ3n) is 1.14. The van der Waals surface area contributed by atoms with Crippen molar-refractivity contribution in [1.82, 2.24) is 10.6 Å². The van der Waals surface area contributed by atoms with Crippen molar-refractivity contribution in [3.05, 3.63) is 0 Å². The molecule has 0 aromatic carbocycles. The number of terminal acetylenes is 1. The summed E-state index contributed by atoms with van der Waals surface area (Å²) < 4.78 is 0. The van der Waals surface area contributed by atoms with Crippen LogP contribution in [0.4, 0.5) is 0 Å². The van der Waals surface area contributed by atoms with E-state index in [1.807, 2.05) is 6.26 Å². The number of amides is 1. The number of rotatable bonds is 6. The second-order valence-electron chi connectivity index (χ2n) is 2.15. The van der Waals surface area contributed by atoms with E-state index in [0.717, 1.165) is 12.3 Å². The lowest BCUT2D eigenvalue weighted by atomic mass is 10.5. The molecule has 4 heteroatoms. The average molecular weight is 186 g/mol. The minimum atomic E-state index is -0.000648. The molecule has 3 nitrogen and oxygen atoms in total. The summed E-state index contributed by atoms with van der Waals surface area (Å²) in [6.45, 7) is 1.46. The zero-order chi connectivity index (χ0) is 9.23. The number of thioether (sulfide) groups is 1. The number of hydrogen-bond acceptors (Lipinski definition) is 3. The first-order chi connectivity index (χ1) is 5.81. The van der Waals surface area contributed by atoms with Crippen LogP contribution in [-0.2, 0) is 4.79 Å². The van der Waals surface area contributed by atoms with E-state index in [0.29, 0.717) is 13.1 Å². The molecule has 0 aromatic heterocycles. The van der Waals surface area contributed by atoms with Crippen LogP contribution >= 0.6 is 11.8 Å². The summed E-state index contributed by atoms with van der Waals surface area (Å²) in [5.41, 5.74) is 0. The van der Waals surface area contributed by atoms with Crippen LogP contribution in [0.25, 0.3) is 0 Å². The van der Waals surface area contributed by atoms with Gasteiger partial charge < -0.3 is 5.32 Å². The van der Waals surface area contributed by atoms with Crippen molar-refractivity contribution >= 4 is 17.7 Å². The topological polar surface area (TPSA) is 41.1 Å². The maximum absolute atomic E-state index is 10.9. The van der Waals surface area contributed by atoms with Gasteiger partial charge in [-0.25, -0.2) is 0 Å². The molecule has 0 saturated heterocycles. The molecular formula is C8H14N2OS. The molecule has 1 amide bonds. The lowest BCUT2D eigenvalue weighted by Crippen LogP contribution is -2.35. The predicted octanol–water partition coefficient (Wildman–Crippen LogP) is -0.312. The zero-order valence-corrected chi connectivity index (χ0v) is 8.04. The molecule has 2 N–H and O–H groups in total. The van der Waals surface area contributed by atoms with Crippen LogP contribution in [0.1, 0.15) is 0 Å². The minimum Gasteiger partial charge on any atom is -0.354 e. The van der Waals surface area contributed by atoms with Gasteiger partial charge in [0.25, 0.3) is 0 Å². The van der Waals surface area contributed by atoms with E-state index < -0.39 is 0 Å². The molecule has 0 bridgehead atoms. The highest BCUT2D eigenvalue weighted by atomic mass is 32.2. The molecular weight excluding hydrogens is 172 g/mol. The summed E-state index contributed by atoms with van der Waals surface area (Å²) in [6, 6.07) is 0. The molecule has 68 valence electrons. The summed E-state index contributed by atoms with van der Waals surface area (Å²) in [4.78, 5) is 10.9. The van der Waals surface area contributed by atoms with E-state index in [-0.39, 0.29) is 5.91 Å². The van der Waals surface area contributed by atoms with E-state index in [1.165, 1.54) is 0 Å². The Morgan fingerprint density at radius 3 is 3.00 bits per heavy atom. The van der Waals surface area contributed by atoms with Crippen LogP contribution in [0.2, 0.25) is 0 Å². The Kier molecular flexibility index (Phi) is 7.97. The molecule has 0 aliphatic heterocycles. The Morgan fingerprint density at radius 1 is 1.67 bits per heavy atom. The second-order valence-corrected chi connectivity index (χ2v) is 3.14. The first-order valence-corrected chi connectivity index (χ1v) is 5.10. The van der Waals surface area contributed by atoms with Gasteiger partial charge in [-0.1, -0.05) is 5.92 Å². The van der Waals surface area contributed by atoms with Gasteiger partial charge in [0, 0.05) is 12.3 Å². The molecule has 0 radical (unpaired) electrons. The maximum Gasteiger partial charge on any atom is 0.234 e. The Balaban J connectivity index is 3.17. The lowest BCUT2D eigenvalue weighted by molar-refractivity contribution is -0.120. The summed E-state index contributed by atoms with van der Waals surface area (Å²) in [5.74, 6) is 3.34. The van der Waals surface area contributed by atoms with Crippen molar-refractivity contribution in [2.75, 3.05) is 31.6 Å². The van der Waals surface area contributed by atoms with Gasteiger partial charge in [0.15, 0.2) is 0 Å². The fourth-order valence-electron chi connectivity index (χ4n) is 0.603. The second kappa shape index (κ2) is 8.44. The summed E-state index contributed by atoms with van der Waals surface area (Å²) in [5, 5.41) is 5.56. The molecule has 0 saturated carbocycles. The Hall–Kier alpha value is -0.660. The first-order valence-electron chi connectivity index (χ1n) is 3.71. The van der Waals surface area contributed by atoms with Gasteiger partial charge in [-0.15, -0.1) is 6.42 Å². The summed E-state index contributed by atoms with van der Waals surface area (Å²) in [7, 11) is 0. The van der Waals surface area contributed by atoms with Crippen LogP contribution in [-0.4, -0.2) is 37.6 Å². The van der Waals surface area contributed by atoms with E-state index in [9.17, 15) is 4.79 Å². The van der Waals surface area contributed by atoms with E-state index in [2.05, 4.69) is 16.6 Å². The van der Waals surface area contributed by atoms with Crippen LogP contribution in [0.3, 0.4) is 0 Å². The van der Waals surface area contributed by atoms with Crippen molar-refractivity contribution in [3.63, 3.8) is 0 Å². The smallest absolute Gasteiger partial charge is 0.234 e. The van der Waals surface area contributed by atoms with Gasteiger partial charge in [0.05, 0.1) is 13.1 Å². The Morgan fingerprint density at radius 2 is 2.42 bits per heavy atom. The molecule has 0 heterocycles. The Bertz CT molecular complexity index is 165. The number of nitrogens with one attached hydrogen (secondary N) is 2. The number of carbonyl (C=O) groups is 1. The molecule has 0 fully saturated rings. The number of carbonyl (C=O) groups excluding carboxylic acids is 1. The van der Waals surface area contributed by atoms with E-state index in [4.69, 9.17) is 6.42 Å². The molecule has 0 atom stereocenters. The fraction of sp³-hybridized carbons (Fsp3) is 0.625. The van der Waals surface area contributed by atoms with Gasteiger partial charge in [0.1, 0.15) is 0 Å². The van der Waals surface area contributed by atoms with Crippen LogP contribution in [0.15, 0.2) is 0 Å². The predicted molar refractivity (Wildman–Crippen MR) is 53.1 cm³/mol. The highest BCUT2D eigenvalue weighted by Gasteiger charge is 1.96. The van der Waals surface area contributed by atoms with Gasteiger partial charge in [0.2, 0.25) is 5.91 Å². The maximum atomic E-state index is 10.9. The van der Waals surface area contributed by atoms with Crippen LogP contribution < -0.4 is 10.6 Å². The first kappa shape index (κ1) is 11.3. The van der Waals surface area contributed by atoms with Crippen molar-refractivity contribution in [2.45, 2.75) is 0 Å². The molecule has 12 heavy (non-hydrogen) atoms. The normalized spacial score (nSPS) is 9.00. The number of hydrogen-bond donors (Lipinski definition) is 2. The highest BCUT2D eigenvalue weighted by Crippen LogP contribution is 1.86. The Labute approximate surface area is 77.7 Å². The van der Waals surface area contributed by atoms with Crippen molar-refractivity contribution < 1.29 is 4.79 Å². The lowest BCUT2D eigenvalue weighted by Gasteiger charge is -2.03. The highest BCUT2D eigenvalue weighted by molar-refractivity contribution is 7.98. The van der Waals surface area contributed by atoms with Gasteiger partial charge in [-0.3, -0.25) is 10.1 Å². The van der Waals surface area contributed by atoms with Gasteiger partial charge >= 0.3 is 0 Å². The van der Waals surface area contributed by atoms with Crippen molar-refractivity contribution in [1.29, 1.82) is 0 Å². The standard InChI is InChI=1S/C8H14N2OS/c1-3-4-9-7-8(11)10-5-6-12-2/h1,9H,4-7H2,2H3,(H,10,11). The van der Waals surface area contributed by atoms with Crippen LogP contribution in [0, 0.1) is 12.3 Å². The fourth-order valence-corrected chi connectivity index (χ4v) is 0.909. The summed E-state index contributed by atoms with van der Waals surface area (Å²) in [6.07, 6.45) is 6.99. The molecule has 0 unspecified atom stereocenters.